The molecule has 2 aromatic rings. The highest BCUT2D eigenvalue weighted by atomic mass is 16.5. The molecule has 0 radical (unpaired) electrons. The Bertz CT molecular complexity index is 1080. The number of amides is 1. The Balaban J connectivity index is 1.46. The average molecular weight is 449 g/mol. The molecule has 1 aliphatic carbocycles. The first-order valence-electron chi connectivity index (χ1n) is 12.1. The van der Waals surface area contributed by atoms with Gasteiger partial charge < -0.3 is 19.1 Å². The molecular formula is C25H32N6O2. The number of nitriles is 1. The normalized spacial score (nSPS) is 21.5. The molecule has 33 heavy (non-hydrogen) atoms. The van der Waals surface area contributed by atoms with Crippen molar-refractivity contribution in [3.05, 3.63) is 40.6 Å². The topological polar surface area (TPSA) is 87.3 Å². The smallest absolute Gasteiger partial charge is 0.290 e. The minimum atomic E-state index is -0.0476. The van der Waals surface area contributed by atoms with E-state index >= 15 is 0 Å². The van der Waals surface area contributed by atoms with Crippen LogP contribution in [0.3, 0.4) is 0 Å². The fourth-order valence-electron chi connectivity index (χ4n) is 5.68. The van der Waals surface area contributed by atoms with Gasteiger partial charge in [0.15, 0.2) is 5.82 Å². The zero-order valence-electron chi connectivity index (χ0n) is 19.6. The number of aromatic nitrogens is 3. The zero-order chi connectivity index (χ0) is 22.9. The molecule has 0 aromatic carbocycles. The van der Waals surface area contributed by atoms with Gasteiger partial charge in [-0.15, -0.1) is 0 Å². The SMILES string of the molecule is CC1CN(c2nc(C3CCCCC3)c3c(c2C#N)CCOC3)CCN1C(=O)c1nccn1C. The maximum Gasteiger partial charge on any atom is 0.290 e. The van der Waals surface area contributed by atoms with E-state index in [2.05, 4.69) is 22.9 Å². The number of anilines is 1. The Morgan fingerprint density at radius 1 is 1.21 bits per heavy atom. The molecular weight excluding hydrogens is 416 g/mol. The number of pyridine rings is 1. The molecule has 1 amide bonds. The summed E-state index contributed by atoms with van der Waals surface area (Å²) in [5, 5.41) is 10.1. The third kappa shape index (κ3) is 3.99. The van der Waals surface area contributed by atoms with Crippen LogP contribution in [0.4, 0.5) is 5.82 Å². The minimum absolute atomic E-state index is 0.00575. The molecule has 5 rings (SSSR count). The number of nitrogens with zero attached hydrogens (tertiary/aromatic N) is 6. The molecule has 1 saturated carbocycles. The number of hydrogen-bond donors (Lipinski definition) is 0. The van der Waals surface area contributed by atoms with Gasteiger partial charge >= 0.3 is 0 Å². The monoisotopic (exact) mass is 448 g/mol. The molecule has 8 heteroatoms. The van der Waals surface area contributed by atoms with Gasteiger partial charge in [0.25, 0.3) is 5.91 Å². The Morgan fingerprint density at radius 3 is 2.73 bits per heavy atom. The molecule has 2 aromatic heterocycles. The number of fused-ring (bicyclic) bond motifs is 1. The lowest BCUT2D eigenvalue weighted by Gasteiger charge is -2.41. The van der Waals surface area contributed by atoms with E-state index < -0.39 is 0 Å². The largest absolute Gasteiger partial charge is 0.376 e. The van der Waals surface area contributed by atoms with Crippen LogP contribution in [0.5, 0.6) is 0 Å². The number of ether oxygens (including phenoxy) is 1. The fraction of sp³-hybridized carbons (Fsp3) is 0.600. The van der Waals surface area contributed by atoms with Gasteiger partial charge in [-0.2, -0.15) is 5.26 Å². The Labute approximate surface area is 195 Å². The number of carbonyl (C=O) groups is 1. The van der Waals surface area contributed by atoms with Crippen molar-refractivity contribution in [2.24, 2.45) is 7.05 Å². The van der Waals surface area contributed by atoms with E-state index in [9.17, 15) is 10.1 Å². The van der Waals surface area contributed by atoms with Crippen LogP contribution in [-0.4, -0.2) is 57.6 Å². The summed E-state index contributed by atoms with van der Waals surface area (Å²) >= 11 is 0. The van der Waals surface area contributed by atoms with E-state index in [-0.39, 0.29) is 11.9 Å². The van der Waals surface area contributed by atoms with Crippen LogP contribution in [0.2, 0.25) is 0 Å². The Morgan fingerprint density at radius 2 is 2.03 bits per heavy atom. The maximum atomic E-state index is 13.1. The Kier molecular flexibility index (Phi) is 6.07. The first kappa shape index (κ1) is 21.9. The number of rotatable bonds is 3. The first-order valence-corrected chi connectivity index (χ1v) is 12.1. The predicted octanol–water partition coefficient (Wildman–Crippen LogP) is 3.16. The molecule has 2 aliphatic heterocycles. The summed E-state index contributed by atoms with van der Waals surface area (Å²) in [6.45, 7) is 5.16. The van der Waals surface area contributed by atoms with E-state index in [1.165, 1.54) is 19.3 Å². The highest BCUT2D eigenvalue weighted by Crippen LogP contribution is 2.39. The van der Waals surface area contributed by atoms with Crippen LogP contribution in [0.15, 0.2) is 12.4 Å². The van der Waals surface area contributed by atoms with Crippen LogP contribution in [0.25, 0.3) is 0 Å². The van der Waals surface area contributed by atoms with Gasteiger partial charge in [-0.25, -0.2) is 9.97 Å². The highest BCUT2D eigenvalue weighted by molar-refractivity contribution is 5.91. The van der Waals surface area contributed by atoms with Gasteiger partial charge in [-0.05, 0) is 31.7 Å². The molecule has 0 spiro atoms. The number of carbonyl (C=O) groups excluding carboxylic acids is 1. The molecule has 1 saturated heterocycles. The molecule has 4 heterocycles. The summed E-state index contributed by atoms with van der Waals surface area (Å²) in [6, 6.07) is 2.47. The molecule has 174 valence electrons. The molecule has 8 nitrogen and oxygen atoms in total. The van der Waals surface area contributed by atoms with Gasteiger partial charge in [-0.1, -0.05) is 19.3 Å². The summed E-state index contributed by atoms with van der Waals surface area (Å²) in [5.74, 6) is 1.66. The third-order valence-corrected chi connectivity index (χ3v) is 7.47. The van der Waals surface area contributed by atoms with E-state index in [1.54, 1.807) is 17.0 Å². The van der Waals surface area contributed by atoms with Crippen molar-refractivity contribution in [3.8, 4) is 6.07 Å². The summed E-state index contributed by atoms with van der Waals surface area (Å²) in [5.41, 5.74) is 4.14. The van der Waals surface area contributed by atoms with Gasteiger partial charge in [-0.3, -0.25) is 4.79 Å². The lowest BCUT2D eigenvalue weighted by atomic mass is 9.82. The van der Waals surface area contributed by atoms with Crippen molar-refractivity contribution >= 4 is 11.7 Å². The van der Waals surface area contributed by atoms with E-state index in [0.29, 0.717) is 50.2 Å². The van der Waals surface area contributed by atoms with Crippen LogP contribution in [-0.2, 0) is 24.8 Å². The lowest BCUT2D eigenvalue weighted by Crippen LogP contribution is -2.55. The number of imidazole rings is 1. The maximum absolute atomic E-state index is 13.1. The predicted molar refractivity (Wildman–Crippen MR) is 124 cm³/mol. The van der Waals surface area contributed by atoms with Crippen LogP contribution >= 0.6 is 0 Å². The zero-order valence-corrected chi connectivity index (χ0v) is 19.6. The van der Waals surface area contributed by atoms with Crippen LogP contribution < -0.4 is 4.90 Å². The second kappa shape index (κ2) is 9.14. The third-order valence-electron chi connectivity index (χ3n) is 7.47. The summed E-state index contributed by atoms with van der Waals surface area (Å²) in [4.78, 5) is 26.6. The van der Waals surface area contributed by atoms with Crippen molar-refractivity contribution in [3.63, 3.8) is 0 Å². The molecule has 1 atom stereocenters. The van der Waals surface area contributed by atoms with Gasteiger partial charge in [0.2, 0.25) is 0 Å². The van der Waals surface area contributed by atoms with Crippen LogP contribution in [0.1, 0.15) is 77.9 Å². The molecule has 0 N–H and O–H groups in total. The average Bonchev–Trinajstić information content (AvgIpc) is 3.28. The molecule has 0 bridgehead atoms. The number of piperazine rings is 1. The molecule has 3 aliphatic rings. The van der Waals surface area contributed by atoms with E-state index in [0.717, 1.165) is 41.9 Å². The van der Waals surface area contributed by atoms with Crippen LogP contribution in [0, 0.1) is 11.3 Å². The van der Waals surface area contributed by atoms with Gasteiger partial charge in [0, 0.05) is 56.6 Å². The van der Waals surface area contributed by atoms with E-state index in [4.69, 9.17) is 9.72 Å². The fourth-order valence-corrected chi connectivity index (χ4v) is 5.68. The first-order chi connectivity index (χ1) is 16.1. The minimum Gasteiger partial charge on any atom is -0.376 e. The molecule has 2 fully saturated rings. The quantitative estimate of drug-likeness (QED) is 0.717. The number of aryl methyl sites for hydroxylation is 1. The molecule has 1 unspecified atom stereocenters. The summed E-state index contributed by atoms with van der Waals surface area (Å²) < 4.78 is 7.56. The van der Waals surface area contributed by atoms with Crippen molar-refractivity contribution in [2.75, 3.05) is 31.1 Å². The Hall–Kier alpha value is -2.92. The van der Waals surface area contributed by atoms with Gasteiger partial charge in [0.05, 0.1) is 24.5 Å². The summed E-state index contributed by atoms with van der Waals surface area (Å²) in [6.07, 6.45) is 10.3. The lowest BCUT2D eigenvalue weighted by molar-refractivity contribution is 0.0657. The van der Waals surface area contributed by atoms with Gasteiger partial charge in [0.1, 0.15) is 11.9 Å². The van der Waals surface area contributed by atoms with Crippen molar-refractivity contribution < 1.29 is 9.53 Å². The van der Waals surface area contributed by atoms with Crippen molar-refractivity contribution in [1.29, 1.82) is 5.26 Å². The van der Waals surface area contributed by atoms with Crippen molar-refractivity contribution in [2.45, 2.75) is 64.0 Å². The summed E-state index contributed by atoms with van der Waals surface area (Å²) in [7, 11) is 1.84. The second-order valence-electron chi connectivity index (χ2n) is 9.56. The van der Waals surface area contributed by atoms with Crippen molar-refractivity contribution in [1.82, 2.24) is 19.4 Å². The standard InChI is InChI=1S/C25H32N6O2/c1-17-15-30(11-12-31(17)25(32)24-27-9-10-29(24)2)23-20(14-26)19-8-13-33-16-21(19)22(28-23)18-6-4-3-5-7-18/h9-10,17-18H,3-8,11-13,15-16H2,1-2H3. The second-order valence-corrected chi connectivity index (χ2v) is 9.56. The van der Waals surface area contributed by atoms with E-state index in [1.807, 2.05) is 11.9 Å². The number of hydrogen-bond acceptors (Lipinski definition) is 6. The highest BCUT2D eigenvalue weighted by Gasteiger charge is 2.34.